The van der Waals surface area contributed by atoms with Gasteiger partial charge in [-0.3, -0.25) is 4.99 Å². The van der Waals surface area contributed by atoms with E-state index in [0.29, 0.717) is 6.54 Å². The molecule has 0 radical (unpaired) electrons. The van der Waals surface area contributed by atoms with E-state index in [-0.39, 0.29) is 5.54 Å². The Hall–Kier alpha value is -1.30. The second kappa shape index (κ2) is 8.52. The SMILES string of the molecule is CN=C(NCc1cccc(Cl)c1)NCC1(N(C)C)CCOCC1. The van der Waals surface area contributed by atoms with E-state index in [0.717, 1.165) is 49.1 Å². The van der Waals surface area contributed by atoms with Crippen molar-refractivity contribution in [1.82, 2.24) is 15.5 Å². The van der Waals surface area contributed by atoms with Crippen molar-refractivity contribution in [2.45, 2.75) is 24.9 Å². The first kappa shape index (κ1) is 18.0. The van der Waals surface area contributed by atoms with Crippen LogP contribution in [-0.4, -0.2) is 57.3 Å². The Kier molecular flexibility index (Phi) is 6.69. The molecule has 128 valence electrons. The Morgan fingerprint density at radius 3 is 2.65 bits per heavy atom. The molecule has 0 bridgehead atoms. The first-order valence-electron chi connectivity index (χ1n) is 8.00. The van der Waals surface area contributed by atoms with E-state index >= 15 is 0 Å². The molecule has 2 N–H and O–H groups in total. The molecule has 0 aromatic heterocycles. The third-order valence-corrected chi connectivity index (χ3v) is 4.76. The van der Waals surface area contributed by atoms with Crippen LogP contribution in [0.3, 0.4) is 0 Å². The fourth-order valence-electron chi connectivity index (χ4n) is 2.84. The van der Waals surface area contributed by atoms with Crippen molar-refractivity contribution >= 4 is 17.6 Å². The molecule has 1 aliphatic heterocycles. The van der Waals surface area contributed by atoms with Crippen LogP contribution in [0.25, 0.3) is 0 Å². The quantitative estimate of drug-likeness (QED) is 0.638. The molecule has 0 aliphatic carbocycles. The molecule has 0 unspecified atom stereocenters. The van der Waals surface area contributed by atoms with Gasteiger partial charge in [0.25, 0.3) is 0 Å². The molecule has 0 amide bonds. The van der Waals surface area contributed by atoms with E-state index in [2.05, 4.69) is 34.6 Å². The highest BCUT2D eigenvalue weighted by Gasteiger charge is 2.34. The fourth-order valence-corrected chi connectivity index (χ4v) is 3.05. The maximum atomic E-state index is 6.02. The van der Waals surface area contributed by atoms with Crippen molar-refractivity contribution in [3.63, 3.8) is 0 Å². The number of rotatable bonds is 5. The third-order valence-electron chi connectivity index (χ3n) is 4.53. The van der Waals surface area contributed by atoms with Gasteiger partial charge >= 0.3 is 0 Å². The lowest BCUT2D eigenvalue weighted by Crippen LogP contribution is -2.57. The van der Waals surface area contributed by atoms with E-state index in [9.17, 15) is 0 Å². The zero-order valence-electron chi connectivity index (χ0n) is 14.2. The molecule has 1 aromatic rings. The van der Waals surface area contributed by atoms with Crippen LogP contribution in [0.2, 0.25) is 5.02 Å². The molecule has 2 rings (SSSR count). The van der Waals surface area contributed by atoms with Crippen molar-refractivity contribution < 1.29 is 4.74 Å². The summed E-state index contributed by atoms with van der Waals surface area (Å²) in [6, 6.07) is 7.84. The number of nitrogens with one attached hydrogen (secondary N) is 2. The summed E-state index contributed by atoms with van der Waals surface area (Å²) in [5.74, 6) is 0.803. The highest BCUT2D eigenvalue weighted by molar-refractivity contribution is 6.30. The molecule has 0 saturated carbocycles. The van der Waals surface area contributed by atoms with Gasteiger partial charge in [0, 0.05) is 43.9 Å². The van der Waals surface area contributed by atoms with Crippen LogP contribution < -0.4 is 10.6 Å². The first-order valence-corrected chi connectivity index (χ1v) is 8.38. The highest BCUT2D eigenvalue weighted by atomic mass is 35.5. The van der Waals surface area contributed by atoms with E-state index in [1.54, 1.807) is 7.05 Å². The van der Waals surface area contributed by atoms with Crippen molar-refractivity contribution in [3.8, 4) is 0 Å². The highest BCUT2D eigenvalue weighted by Crippen LogP contribution is 2.25. The lowest BCUT2D eigenvalue weighted by molar-refractivity contribution is -0.00501. The van der Waals surface area contributed by atoms with Crippen molar-refractivity contribution in [2.75, 3.05) is 40.9 Å². The number of ether oxygens (including phenoxy) is 1. The molecule has 0 spiro atoms. The predicted octanol–water partition coefficient (Wildman–Crippen LogP) is 2.12. The number of halogens is 1. The number of hydrogen-bond acceptors (Lipinski definition) is 3. The second-order valence-electron chi connectivity index (χ2n) is 6.14. The Bertz CT molecular complexity index is 527. The number of likely N-dealkylation sites (N-methyl/N-ethyl adjacent to an activating group) is 1. The molecule has 1 aromatic carbocycles. The number of benzene rings is 1. The van der Waals surface area contributed by atoms with Gasteiger partial charge in [0.2, 0.25) is 0 Å². The number of hydrogen-bond donors (Lipinski definition) is 2. The summed E-state index contributed by atoms with van der Waals surface area (Å²) in [4.78, 5) is 6.61. The molecule has 1 saturated heterocycles. The molecule has 0 atom stereocenters. The van der Waals surface area contributed by atoms with Crippen molar-refractivity contribution in [1.29, 1.82) is 0 Å². The summed E-state index contributed by atoms with van der Waals surface area (Å²) >= 11 is 6.02. The molecule has 1 heterocycles. The van der Waals surface area contributed by atoms with Gasteiger partial charge < -0.3 is 20.3 Å². The first-order chi connectivity index (χ1) is 11.1. The summed E-state index contributed by atoms with van der Waals surface area (Å²) in [7, 11) is 6.06. The molecule has 6 heteroatoms. The van der Waals surface area contributed by atoms with Gasteiger partial charge in [-0.1, -0.05) is 23.7 Å². The maximum Gasteiger partial charge on any atom is 0.191 e. The molecule has 1 fully saturated rings. The molecule has 23 heavy (non-hydrogen) atoms. The van der Waals surface area contributed by atoms with Crippen LogP contribution in [0.5, 0.6) is 0 Å². The minimum absolute atomic E-state index is 0.117. The number of aliphatic imine (C=N–C) groups is 1. The van der Waals surface area contributed by atoms with E-state index in [4.69, 9.17) is 16.3 Å². The summed E-state index contributed by atoms with van der Waals surface area (Å²) in [5, 5.41) is 7.54. The fraction of sp³-hybridized carbons (Fsp3) is 0.588. The minimum atomic E-state index is 0.117. The Labute approximate surface area is 144 Å². The normalized spacial score (nSPS) is 18.0. The van der Waals surface area contributed by atoms with Gasteiger partial charge in [-0.15, -0.1) is 0 Å². The zero-order chi connectivity index (χ0) is 16.7. The van der Waals surface area contributed by atoms with Gasteiger partial charge in [-0.05, 0) is 44.6 Å². The van der Waals surface area contributed by atoms with Gasteiger partial charge in [-0.25, -0.2) is 0 Å². The Balaban J connectivity index is 1.89. The summed E-state index contributed by atoms with van der Waals surface area (Å²) in [5.41, 5.74) is 1.25. The van der Waals surface area contributed by atoms with Gasteiger partial charge in [-0.2, -0.15) is 0 Å². The predicted molar refractivity (Wildman–Crippen MR) is 96.1 cm³/mol. The van der Waals surface area contributed by atoms with Crippen LogP contribution in [0, 0.1) is 0 Å². The third kappa shape index (κ3) is 5.09. The molecular formula is C17H27ClN4O. The average Bonchev–Trinajstić information content (AvgIpc) is 2.56. The van der Waals surface area contributed by atoms with Crippen LogP contribution in [0.4, 0.5) is 0 Å². The largest absolute Gasteiger partial charge is 0.381 e. The average molecular weight is 339 g/mol. The standard InChI is InChI=1S/C17H27ClN4O/c1-19-16(20-12-14-5-4-6-15(18)11-14)21-13-17(22(2)3)7-9-23-10-8-17/h4-6,11H,7-10,12-13H2,1-3H3,(H2,19,20,21). The number of nitrogens with zero attached hydrogens (tertiary/aromatic N) is 2. The van der Waals surface area contributed by atoms with Gasteiger partial charge in [0.05, 0.1) is 0 Å². The lowest BCUT2D eigenvalue weighted by Gasteiger charge is -2.43. The maximum absolute atomic E-state index is 6.02. The van der Waals surface area contributed by atoms with Crippen LogP contribution in [0.15, 0.2) is 29.3 Å². The van der Waals surface area contributed by atoms with Crippen molar-refractivity contribution in [2.24, 2.45) is 4.99 Å². The lowest BCUT2D eigenvalue weighted by atomic mass is 9.88. The van der Waals surface area contributed by atoms with E-state index < -0.39 is 0 Å². The van der Waals surface area contributed by atoms with Crippen LogP contribution >= 0.6 is 11.6 Å². The van der Waals surface area contributed by atoms with E-state index in [1.165, 1.54) is 0 Å². The topological polar surface area (TPSA) is 48.9 Å². The summed E-state index contributed by atoms with van der Waals surface area (Å²) < 4.78 is 5.51. The monoisotopic (exact) mass is 338 g/mol. The molecule has 1 aliphatic rings. The smallest absolute Gasteiger partial charge is 0.191 e. The van der Waals surface area contributed by atoms with Crippen LogP contribution in [0.1, 0.15) is 18.4 Å². The van der Waals surface area contributed by atoms with Gasteiger partial charge in [0.15, 0.2) is 5.96 Å². The number of guanidine groups is 1. The van der Waals surface area contributed by atoms with Crippen molar-refractivity contribution in [3.05, 3.63) is 34.9 Å². The Morgan fingerprint density at radius 2 is 2.04 bits per heavy atom. The van der Waals surface area contributed by atoms with E-state index in [1.807, 2.05) is 24.3 Å². The zero-order valence-corrected chi connectivity index (χ0v) is 15.0. The summed E-state index contributed by atoms with van der Waals surface area (Å²) in [6.45, 7) is 3.17. The summed E-state index contributed by atoms with van der Waals surface area (Å²) in [6.07, 6.45) is 2.05. The minimum Gasteiger partial charge on any atom is -0.381 e. The van der Waals surface area contributed by atoms with Crippen LogP contribution in [-0.2, 0) is 11.3 Å². The molecular weight excluding hydrogens is 312 g/mol. The molecule has 5 nitrogen and oxygen atoms in total. The second-order valence-corrected chi connectivity index (χ2v) is 6.58. The van der Waals surface area contributed by atoms with Gasteiger partial charge in [0.1, 0.15) is 0 Å². The Morgan fingerprint density at radius 1 is 1.30 bits per heavy atom.